The number of anilines is 1. The highest BCUT2D eigenvalue weighted by atomic mass is 35.5. The first kappa shape index (κ1) is 34.6. The smallest absolute Gasteiger partial charge is 0.265 e. The number of amides is 2. The summed E-state index contributed by atoms with van der Waals surface area (Å²) in [5.41, 5.74) is 0.421. The van der Waals surface area contributed by atoms with E-state index in [2.05, 4.69) is 5.32 Å². The summed E-state index contributed by atoms with van der Waals surface area (Å²) < 4.78 is 51.0. The standard InChI is InChI=1S/C30H35Cl2N3O8S/c1-7-33-30(37)19(2)34(17-22-23(31)9-8-10-24(22)32)29(36)18-35(25-15-20(40-3)11-13-26(25)41-4)44(38,39)21-12-14-27(42-5)28(16-21)43-6/h8-16,19H,7,17-18H2,1-6H3,(H,33,37)/t19-/m1/s1. The predicted molar refractivity (Wildman–Crippen MR) is 169 cm³/mol. The van der Waals surface area contributed by atoms with Crippen molar-refractivity contribution in [3.63, 3.8) is 0 Å². The molecule has 2 amide bonds. The first-order valence-electron chi connectivity index (χ1n) is 13.4. The van der Waals surface area contributed by atoms with Gasteiger partial charge in [-0.2, -0.15) is 0 Å². The van der Waals surface area contributed by atoms with Gasteiger partial charge in [0.05, 0.1) is 39.0 Å². The first-order chi connectivity index (χ1) is 20.9. The Bertz CT molecular complexity index is 1580. The molecule has 0 heterocycles. The molecule has 0 saturated heterocycles. The molecule has 11 nitrogen and oxygen atoms in total. The van der Waals surface area contributed by atoms with E-state index in [1.165, 1.54) is 70.6 Å². The van der Waals surface area contributed by atoms with Crippen molar-refractivity contribution in [1.82, 2.24) is 10.2 Å². The molecule has 0 unspecified atom stereocenters. The predicted octanol–water partition coefficient (Wildman–Crippen LogP) is 4.78. The molecule has 0 aliphatic carbocycles. The largest absolute Gasteiger partial charge is 0.497 e. The number of ether oxygens (including phenoxy) is 4. The third kappa shape index (κ3) is 7.61. The molecule has 238 valence electrons. The van der Waals surface area contributed by atoms with E-state index in [0.717, 1.165) is 4.31 Å². The Morgan fingerprint density at radius 2 is 1.48 bits per heavy atom. The second-order valence-electron chi connectivity index (χ2n) is 9.36. The molecular formula is C30H35Cl2N3O8S. The molecular weight excluding hydrogens is 633 g/mol. The molecule has 1 atom stereocenters. The van der Waals surface area contributed by atoms with E-state index in [1.807, 2.05) is 0 Å². The van der Waals surface area contributed by atoms with Crippen LogP contribution in [0.25, 0.3) is 0 Å². The number of benzene rings is 3. The molecule has 0 saturated carbocycles. The van der Waals surface area contributed by atoms with E-state index >= 15 is 0 Å². The summed E-state index contributed by atoms with van der Waals surface area (Å²) in [6.07, 6.45) is 0. The van der Waals surface area contributed by atoms with Crippen LogP contribution in [0.15, 0.2) is 59.5 Å². The van der Waals surface area contributed by atoms with E-state index in [9.17, 15) is 18.0 Å². The number of sulfonamides is 1. The summed E-state index contributed by atoms with van der Waals surface area (Å²) in [4.78, 5) is 28.2. The van der Waals surface area contributed by atoms with E-state index in [1.54, 1.807) is 31.2 Å². The Morgan fingerprint density at radius 1 is 0.864 bits per heavy atom. The summed E-state index contributed by atoms with van der Waals surface area (Å²) in [5, 5.41) is 3.26. The average Bonchev–Trinajstić information content (AvgIpc) is 3.02. The van der Waals surface area contributed by atoms with Gasteiger partial charge < -0.3 is 29.2 Å². The number of hydrogen-bond donors (Lipinski definition) is 1. The fourth-order valence-corrected chi connectivity index (χ4v) is 6.32. The maximum Gasteiger partial charge on any atom is 0.265 e. The zero-order chi connectivity index (χ0) is 32.6. The van der Waals surface area contributed by atoms with Crippen molar-refractivity contribution >= 4 is 50.7 Å². The SMILES string of the molecule is CCNC(=O)[C@@H](C)N(Cc1c(Cl)cccc1Cl)C(=O)CN(c1cc(OC)ccc1OC)S(=O)(=O)c1ccc(OC)c(OC)c1. The summed E-state index contributed by atoms with van der Waals surface area (Å²) in [6.45, 7) is 2.70. The van der Waals surface area contributed by atoms with Crippen LogP contribution in [0.5, 0.6) is 23.0 Å². The molecule has 0 aliphatic heterocycles. The second-order valence-corrected chi connectivity index (χ2v) is 12.0. The highest BCUT2D eigenvalue weighted by Gasteiger charge is 2.35. The minimum atomic E-state index is -4.48. The maximum atomic E-state index is 14.3. The van der Waals surface area contributed by atoms with Crippen LogP contribution >= 0.6 is 23.2 Å². The number of hydrogen-bond acceptors (Lipinski definition) is 8. The van der Waals surface area contributed by atoms with Gasteiger partial charge >= 0.3 is 0 Å². The Balaban J connectivity index is 2.20. The molecule has 0 aromatic heterocycles. The molecule has 14 heteroatoms. The number of likely N-dealkylation sites (N-methyl/N-ethyl adjacent to an activating group) is 1. The fourth-order valence-electron chi connectivity index (χ4n) is 4.37. The van der Waals surface area contributed by atoms with Gasteiger partial charge in [-0.25, -0.2) is 8.42 Å². The van der Waals surface area contributed by atoms with Crippen molar-refractivity contribution in [2.45, 2.75) is 31.3 Å². The van der Waals surface area contributed by atoms with Crippen molar-refractivity contribution in [2.75, 3.05) is 45.8 Å². The molecule has 0 aliphatic rings. The Kier molecular flexibility index (Phi) is 12.0. The molecule has 44 heavy (non-hydrogen) atoms. The maximum absolute atomic E-state index is 14.3. The van der Waals surface area contributed by atoms with Gasteiger partial charge in [-0.05, 0) is 50.2 Å². The van der Waals surface area contributed by atoms with Crippen LogP contribution in [0.2, 0.25) is 10.0 Å². The molecule has 0 bridgehead atoms. The fraction of sp³-hybridized carbons (Fsp3) is 0.333. The van der Waals surface area contributed by atoms with Gasteiger partial charge in [0.25, 0.3) is 10.0 Å². The van der Waals surface area contributed by atoms with Gasteiger partial charge in [0.1, 0.15) is 24.1 Å². The van der Waals surface area contributed by atoms with Crippen molar-refractivity contribution in [1.29, 1.82) is 0 Å². The van der Waals surface area contributed by atoms with Crippen LogP contribution in [0, 0.1) is 0 Å². The van der Waals surface area contributed by atoms with Gasteiger partial charge in [-0.3, -0.25) is 13.9 Å². The molecule has 0 spiro atoms. The zero-order valence-electron chi connectivity index (χ0n) is 25.2. The van der Waals surface area contributed by atoms with E-state index in [0.29, 0.717) is 23.6 Å². The molecule has 0 fully saturated rings. The monoisotopic (exact) mass is 667 g/mol. The Morgan fingerprint density at radius 3 is 2.05 bits per heavy atom. The first-order valence-corrected chi connectivity index (χ1v) is 15.6. The number of carbonyl (C=O) groups excluding carboxylic acids is 2. The third-order valence-electron chi connectivity index (χ3n) is 6.79. The van der Waals surface area contributed by atoms with Crippen molar-refractivity contribution in [3.8, 4) is 23.0 Å². The van der Waals surface area contributed by atoms with Gasteiger partial charge in [0, 0.05) is 40.8 Å². The lowest BCUT2D eigenvalue weighted by Gasteiger charge is -2.32. The lowest BCUT2D eigenvalue weighted by molar-refractivity contribution is -0.139. The number of nitrogens with one attached hydrogen (secondary N) is 1. The number of methoxy groups -OCH3 is 4. The van der Waals surface area contributed by atoms with Crippen LogP contribution in [-0.4, -0.2) is 72.7 Å². The summed E-state index contributed by atoms with van der Waals surface area (Å²) in [5.74, 6) is -0.217. The summed E-state index contributed by atoms with van der Waals surface area (Å²) in [6, 6.07) is 12.5. The third-order valence-corrected chi connectivity index (χ3v) is 9.25. The van der Waals surface area contributed by atoms with E-state index < -0.39 is 34.4 Å². The van der Waals surface area contributed by atoms with Gasteiger partial charge in [0.2, 0.25) is 11.8 Å². The van der Waals surface area contributed by atoms with Crippen molar-refractivity contribution < 1.29 is 37.0 Å². The molecule has 3 aromatic carbocycles. The van der Waals surface area contributed by atoms with Gasteiger partial charge in [-0.1, -0.05) is 29.3 Å². The number of rotatable bonds is 14. The molecule has 1 N–H and O–H groups in total. The van der Waals surface area contributed by atoms with Crippen LogP contribution in [0.4, 0.5) is 5.69 Å². The quantitative estimate of drug-likeness (QED) is 0.261. The minimum absolute atomic E-state index is 0.0244. The Hall–Kier alpha value is -3.87. The lowest BCUT2D eigenvalue weighted by Crippen LogP contribution is -2.51. The van der Waals surface area contributed by atoms with Gasteiger partial charge in [0.15, 0.2) is 11.5 Å². The second kappa shape index (κ2) is 15.2. The molecule has 0 radical (unpaired) electrons. The van der Waals surface area contributed by atoms with Crippen molar-refractivity contribution in [3.05, 3.63) is 70.2 Å². The minimum Gasteiger partial charge on any atom is -0.497 e. The van der Waals surface area contributed by atoms with Crippen LogP contribution in [0.3, 0.4) is 0 Å². The van der Waals surface area contributed by atoms with Crippen LogP contribution < -0.4 is 28.6 Å². The number of halogens is 2. The number of carbonyl (C=O) groups is 2. The normalized spacial score (nSPS) is 11.7. The molecule has 3 aromatic rings. The van der Waals surface area contributed by atoms with Crippen LogP contribution in [-0.2, 0) is 26.2 Å². The van der Waals surface area contributed by atoms with E-state index in [4.69, 9.17) is 42.1 Å². The lowest BCUT2D eigenvalue weighted by atomic mass is 10.1. The zero-order valence-corrected chi connectivity index (χ0v) is 27.5. The van der Waals surface area contributed by atoms with Crippen LogP contribution in [0.1, 0.15) is 19.4 Å². The number of nitrogens with zero attached hydrogens (tertiary/aromatic N) is 2. The topological polar surface area (TPSA) is 124 Å². The summed E-state index contributed by atoms with van der Waals surface area (Å²) in [7, 11) is 1.12. The highest BCUT2D eigenvalue weighted by molar-refractivity contribution is 7.92. The van der Waals surface area contributed by atoms with E-state index in [-0.39, 0.29) is 38.7 Å². The summed E-state index contributed by atoms with van der Waals surface area (Å²) >= 11 is 12.8. The highest BCUT2D eigenvalue weighted by Crippen LogP contribution is 2.38. The molecule has 3 rings (SSSR count). The average molecular weight is 669 g/mol. The van der Waals surface area contributed by atoms with Crippen molar-refractivity contribution in [2.24, 2.45) is 0 Å². The van der Waals surface area contributed by atoms with Gasteiger partial charge in [-0.15, -0.1) is 0 Å². The Labute approximate surface area is 267 Å².